The van der Waals surface area contributed by atoms with Gasteiger partial charge in [0.1, 0.15) is 0 Å². The van der Waals surface area contributed by atoms with Gasteiger partial charge in [-0.05, 0) is 61.3 Å². The number of benzene rings is 2. The van der Waals surface area contributed by atoms with Gasteiger partial charge in [-0.25, -0.2) is 0 Å². The number of hydrogen-bond acceptors (Lipinski definition) is 2. The highest BCUT2D eigenvalue weighted by molar-refractivity contribution is 6.35. The van der Waals surface area contributed by atoms with Gasteiger partial charge in [-0.2, -0.15) is 0 Å². The van der Waals surface area contributed by atoms with E-state index in [9.17, 15) is 4.79 Å². The van der Waals surface area contributed by atoms with Crippen molar-refractivity contribution in [2.75, 3.05) is 13.1 Å². The fourth-order valence-corrected chi connectivity index (χ4v) is 3.93. The van der Waals surface area contributed by atoms with Crippen LogP contribution in [-0.2, 0) is 17.9 Å². The van der Waals surface area contributed by atoms with Gasteiger partial charge >= 0.3 is 0 Å². The molecule has 1 fully saturated rings. The van der Waals surface area contributed by atoms with E-state index in [4.69, 9.17) is 34.8 Å². The van der Waals surface area contributed by atoms with Crippen LogP contribution in [0.4, 0.5) is 0 Å². The molecule has 1 saturated heterocycles. The van der Waals surface area contributed by atoms with Crippen LogP contribution in [0, 0.1) is 5.92 Å². The van der Waals surface area contributed by atoms with Gasteiger partial charge in [0.05, 0.1) is 0 Å². The number of likely N-dealkylation sites (tertiary alicyclic amines) is 1. The summed E-state index contributed by atoms with van der Waals surface area (Å²) in [6, 6.07) is 13.3. The van der Waals surface area contributed by atoms with E-state index in [0.717, 1.165) is 43.1 Å². The van der Waals surface area contributed by atoms with E-state index in [1.807, 2.05) is 24.3 Å². The van der Waals surface area contributed by atoms with Crippen molar-refractivity contribution in [1.82, 2.24) is 10.2 Å². The summed E-state index contributed by atoms with van der Waals surface area (Å²) in [7, 11) is 0. The standard InChI is InChI=1S/C20H21Cl3N2O/c21-17-3-1-2-14(10-17)13-25-8-6-15(7-9-25)20(26)24-12-16-4-5-18(22)11-19(16)23/h1-5,10-11,15H,6-9,12-13H2,(H,24,26). The fraction of sp³-hybridized carbons (Fsp3) is 0.350. The van der Waals surface area contributed by atoms with Crippen molar-refractivity contribution in [3.8, 4) is 0 Å². The van der Waals surface area contributed by atoms with E-state index in [-0.39, 0.29) is 11.8 Å². The lowest BCUT2D eigenvalue weighted by atomic mass is 9.95. The maximum atomic E-state index is 12.4. The van der Waals surface area contributed by atoms with Gasteiger partial charge in [0.2, 0.25) is 5.91 Å². The number of carbonyl (C=O) groups is 1. The van der Waals surface area contributed by atoms with Crippen LogP contribution < -0.4 is 5.32 Å². The zero-order valence-electron chi connectivity index (χ0n) is 14.4. The Kier molecular flexibility index (Phi) is 6.82. The Hall–Kier alpha value is -1.26. The molecular weight excluding hydrogens is 391 g/mol. The molecule has 1 aliphatic rings. The van der Waals surface area contributed by atoms with Crippen molar-refractivity contribution in [2.45, 2.75) is 25.9 Å². The van der Waals surface area contributed by atoms with E-state index >= 15 is 0 Å². The first-order valence-electron chi connectivity index (χ1n) is 8.69. The minimum absolute atomic E-state index is 0.0525. The monoisotopic (exact) mass is 410 g/mol. The number of amides is 1. The highest BCUT2D eigenvalue weighted by Gasteiger charge is 2.24. The molecule has 2 aromatic carbocycles. The highest BCUT2D eigenvalue weighted by Crippen LogP contribution is 2.23. The Labute approximate surface area is 169 Å². The second-order valence-corrected chi connectivity index (χ2v) is 7.91. The first-order valence-corrected chi connectivity index (χ1v) is 9.83. The molecule has 1 aliphatic heterocycles. The van der Waals surface area contributed by atoms with E-state index in [1.54, 1.807) is 12.1 Å². The molecule has 0 bridgehead atoms. The summed E-state index contributed by atoms with van der Waals surface area (Å²) >= 11 is 18.1. The largest absolute Gasteiger partial charge is 0.352 e. The average Bonchev–Trinajstić information content (AvgIpc) is 2.61. The van der Waals surface area contributed by atoms with Gasteiger partial charge in [0, 0.05) is 34.1 Å². The molecule has 1 amide bonds. The van der Waals surface area contributed by atoms with Crippen molar-refractivity contribution in [1.29, 1.82) is 0 Å². The third kappa shape index (κ3) is 5.37. The minimum Gasteiger partial charge on any atom is -0.352 e. The van der Waals surface area contributed by atoms with Crippen LogP contribution in [-0.4, -0.2) is 23.9 Å². The van der Waals surface area contributed by atoms with E-state index < -0.39 is 0 Å². The number of nitrogens with one attached hydrogen (secondary N) is 1. The summed E-state index contributed by atoms with van der Waals surface area (Å²) in [6.07, 6.45) is 1.72. The Morgan fingerprint density at radius 1 is 1.04 bits per heavy atom. The zero-order chi connectivity index (χ0) is 18.5. The molecule has 0 spiro atoms. The third-order valence-corrected chi connectivity index (χ3v) is 5.54. The summed E-state index contributed by atoms with van der Waals surface area (Å²) in [4.78, 5) is 14.8. The number of nitrogens with zero attached hydrogens (tertiary/aromatic N) is 1. The van der Waals surface area contributed by atoms with Crippen LogP contribution in [0.25, 0.3) is 0 Å². The molecule has 138 valence electrons. The summed E-state index contributed by atoms with van der Waals surface area (Å²) in [6.45, 7) is 3.12. The van der Waals surface area contributed by atoms with Crippen molar-refractivity contribution in [3.05, 3.63) is 68.7 Å². The summed E-state index contributed by atoms with van der Waals surface area (Å²) in [5.41, 5.74) is 2.08. The Bertz CT molecular complexity index is 773. The molecule has 3 nitrogen and oxygen atoms in total. The Morgan fingerprint density at radius 2 is 1.77 bits per heavy atom. The molecule has 0 aromatic heterocycles. The maximum Gasteiger partial charge on any atom is 0.223 e. The minimum atomic E-state index is 0.0525. The Balaban J connectivity index is 1.46. The highest BCUT2D eigenvalue weighted by atomic mass is 35.5. The first-order chi connectivity index (χ1) is 12.5. The maximum absolute atomic E-state index is 12.4. The van der Waals surface area contributed by atoms with Crippen LogP contribution in [0.3, 0.4) is 0 Å². The molecule has 3 rings (SSSR count). The Morgan fingerprint density at radius 3 is 2.46 bits per heavy atom. The lowest BCUT2D eigenvalue weighted by Crippen LogP contribution is -2.40. The molecule has 6 heteroatoms. The quantitative estimate of drug-likeness (QED) is 0.735. The van der Waals surface area contributed by atoms with Crippen LogP contribution in [0.15, 0.2) is 42.5 Å². The number of halogens is 3. The van der Waals surface area contributed by atoms with Crippen LogP contribution in [0.1, 0.15) is 24.0 Å². The third-order valence-electron chi connectivity index (χ3n) is 4.72. The molecule has 2 aromatic rings. The lowest BCUT2D eigenvalue weighted by molar-refractivity contribution is -0.126. The SMILES string of the molecule is O=C(NCc1ccc(Cl)cc1Cl)C1CCN(Cc2cccc(Cl)c2)CC1. The van der Waals surface area contributed by atoms with E-state index in [1.165, 1.54) is 5.56 Å². The van der Waals surface area contributed by atoms with Crippen molar-refractivity contribution in [2.24, 2.45) is 5.92 Å². The molecule has 0 aliphatic carbocycles. The van der Waals surface area contributed by atoms with Gasteiger partial charge in [-0.1, -0.05) is 53.0 Å². The number of piperidine rings is 1. The van der Waals surface area contributed by atoms with E-state index in [0.29, 0.717) is 16.6 Å². The second kappa shape index (κ2) is 9.09. The normalized spacial score (nSPS) is 15.8. The average molecular weight is 412 g/mol. The van der Waals surface area contributed by atoms with Crippen LogP contribution >= 0.6 is 34.8 Å². The predicted molar refractivity (Wildman–Crippen MR) is 108 cm³/mol. The van der Waals surface area contributed by atoms with Gasteiger partial charge in [0.25, 0.3) is 0 Å². The smallest absolute Gasteiger partial charge is 0.223 e. The molecule has 0 radical (unpaired) electrons. The van der Waals surface area contributed by atoms with Gasteiger partial charge in [0.15, 0.2) is 0 Å². The molecule has 0 unspecified atom stereocenters. The summed E-state index contributed by atoms with van der Waals surface area (Å²) < 4.78 is 0. The molecule has 26 heavy (non-hydrogen) atoms. The van der Waals surface area contributed by atoms with Gasteiger partial charge in [-0.3, -0.25) is 9.69 Å². The fourth-order valence-electron chi connectivity index (χ4n) is 3.24. The van der Waals surface area contributed by atoms with Crippen molar-refractivity contribution >= 4 is 40.7 Å². The summed E-state index contributed by atoms with van der Waals surface area (Å²) in [5.74, 6) is 0.148. The number of carbonyl (C=O) groups excluding carboxylic acids is 1. The number of hydrogen-bond donors (Lipinski definition) is 1. The topological polar surface area (TPSA) is 32.3 Å². The molecule has 1 heterocycles. The molecule has 1 N–H and O–H groups in total. The van der Waals surface area contributed by atoms with Crippen LogP contribution in [0.2, 0.25) is 15.1 Å². The van der Waals surface area contributed by atoms with Crippen molar-refractivity contribution in [3.63, 3.8) is 0 Å². The van der Waals surface area contributed by atoms with Gasteiger partial charge in [-0.15, -0.1) is 0 Å². The zero-order valence-corrected chi connectivity index (χ0v) is 16.6. The number of rotatable bonds is 5. The van der Waals surface area contributed by atoms with Crippen molar-refractivity contribution < 1.29 is 4.79 Å². The predicted octanol–water partition coefficient (Wildman–Crippen LogP) is 5.18. The first kappa shape index (κ1) is 19.5. The lowest BCUT2D eigenvalue weighted by Gasteiger charge is -2.31. The second-order valence-electron chi connectivity index (χ2n) is 6.63. The summed E-state index contributed by atoms with van der Waals surface area (Å²) in [5, 5.41) is 4.93. The van der Waals surface area contributed by atoms with Gasteiger partial charge < -0.3 is 5.32 Å². The molecule has 0 saturated carbocycles. The van der Waals surface area contributed by atoms with E-state index in [2.05, 4.69) is 16.3 Å². The molecular formula is C20H21Cl3N2O. The molecule has 0 atom stereocenters. The van der Waals surface area contributed by atoms with Crippen LogP contribution in [0.5, 0.6) is 0 Å².